The smallest absolute Gasteiger partial charge is 0.233 e. The van der Waals surface area contributed by atoms with Crippen LogP contribution in [0.4, 0.5) is 22.0 Å². The predicted molar refractivity (Wildman–Crippen MR) is 37.4 cm³/mol. The molecule has 72 valence electrons. The van der Waals surface area contributed by atoms with Gasteiger partial charge in [0.25, 0.3) is 0 Å². The van der Waals surface area contributed by atoms with Gasteiger partial charge in [0.15, 0.2) is 5.83 Å². The number of allylic oxidation sites excluding steroid dienone is 5. The second-order valence-corrected chi connectivity index (χ2v) is 2.50. The lowest BCUT2D eigenvalue weighted by atomic mass is 10.0. The third kappa shape index (κ3) is 1.50. The van der Waals surface area contributed by atoms with Crippen LogP contribution in [0.15, 0.2) is 36.0 Å². The Balaban J connectivity index is 3.22. The van der Waals surface area contributed by atoms with Crippen LogP contribution in [0.3, 0.4) is 0 Å². The van der Waals surface area contributed by atoms with E-state index in [0.717, 1.165) is 0 Å². The molecule has 0 saturated carbocycles. The number of halogens is 5. The molecule has 0 radical (unpaired) electrons. The summed E-state index contributed by atoms with van der Waals surface area (Å²) in [5, 5.41) is 0. The molecule has 1 unspecified atom stereocenters. The molecule has 0 nitrogen and oxygen atoms in total. The summed E-state index contributed by atoms with van der Waals surface area (Å²) in [6.45, 7) is 2.98. The maximum atomic E-state index is 12.7. The molecule has 5 heteroatoms. The Morgan fingerprint density at radius 1 is 1.38 bits per heavy atom. The van der Waals surface area contributed by atoms with Crippen molar-refractivity contribution in [2.24, 2.45) is 0 Å². The first-order valence-corrected chi connectivity index (χ1v) is 3.33. The van der Waals surface area contributed by atoms with Crippen molar-refractivity contribution in [2.75, 3.05) is 0 Å². The zero-order valence-corrected chi connectivity index (χ0v) is 6.33. The van der Waals surface area contributed by atoms with E-state index in [4.69, 9.17) is 0 Å². The van der Waals surface area contributed by atoms with E-state index >= 15 is 0 Å². The van der Waals surface area contributed by atoms with E-state index in [0.29, 0.717) is 6.08 Å². The highest BCUT2D eigenvalue weighted by Crippen LogP contribution is 2.39. The lowest BCUT2D eigenvalue weighted by Crippen LogP contribution is -2.31. The van der Waals surface area contributed by atoms with Crippen molar-refractivity contribution in [3.05, 3.63) is 36.0 Å². The summed E-state index contributed by atoms with van der Waals surface area (Å²) in [5.74, 6) is -7.44. The normalized spacial score (nSPS) is 27.2. The minimum absolute atomic E-state index is 0.252. The molecule has 0 saturated heterocycles. The van der Waals surface area contributed by atoms with Crippen LogP contribution in [0.25, 0.3) is 0 Å². The summed E-state index contributed by atoms with van der Waals surface area (Å²) in [4.78, 5) is 0. The van der Waals surface area contributed by atoms with E-state index < -0.39 is 29.3 Å². The van der Waals surface area contributed by atoms with Crippen molar-refractivity contribution in [1.82, 2.24) is 0 Å². The molecule has 0 heterocycles. The van der Waals surface area contributed by atoms with Crippen LogP contribution in [-0.4, -0.2) is 12.1 Å². The monoisotopic (exact) mass is 196 g/mol. The van der Waals surface area contributed by atoms with E-state index in [2.05, 4.69) is 6.58 Å². The fourth-order valence-corrected chi connectivity index (χ4v) is 0.934. The number of hydrogen-bond acceptors (Lipinski definition) is 0. The van der Waals surface area contributed by atoms with Gasteiger partial charge in [-0.3, -0.25) is 0 Å². The minimum Gasteiger partial charge on any atom is -0.233 e. The molecule has 0 fully saturated rings. The van der Waals surface area contributed by atoms with E-state index in [9.17, 15) is 22.0 Å². The van der Waals surface area contributed by atoms with Crippen LogP contribution >= 0.6 is 0 Å². The zero-order valence-electron chi connectivity index (χ0n) is 6.33. The van der Waals surface area contributed by atoms with E-state index in [1.807, 2.05) is 0 Å². The highest BCUT2D eigenvalue weighted by Gasteiger charge is 2.46. The average molecular weight is 196 g/mol. The van der Waals surface area contributed by atoms with E-state index in [1.165, 1.54) is 0 Å². The van der Waals surface area contributed by atoms with Crippen LogP contribution in [-0.2, 0) is 0 Å². The molecular weight excluding hydrogens is 191 g/mol. The summed E-state index contributed by atoms with van der Waals surface area (Å²) in [6, 6.07) is 0. The Morgan fingerprint density at radius 3 is 2.38 bits per heavy atom. The molecule has 1 aliphatic carbocycles. The first-order valence-electron chi connectivity index (χ1n) is 3.33. The van der Waals surface area contributed by atoms with E-state index in [-0.39, 0.29) is 6.08 Å². The molecule has 1 rings (SSSR count). The Kier molecular flexibility index (Phi) is 2.28. The predicted octanol–water partition coefficient (Wildman–Crippen LogP) is 3.24. The van der Waals surface area contributed by atoms with Crippen LogP contribution in [0.2, 0.25) is 0 Å². The standard InChI is InChI=1S/C8H5F5/c1-2-4-5(9)3-8(12,13)7(11)6(4)10/h2-3,7H,1H2. The average Bonchev–Trinajstić information content (AvgIpc) is 2.01. The van der Waals surface area contributed by atoms with Crippen molar-refractivity contribution in [2.45, 2.75) is 12.1 Å². The van der Waals surface area contributed by atoms with Gasteiger partial charge in [0.2, 0.25) is 6.17 Å². The van der Waals surface area contributed by atoms with Crippen molar-refractivity contribution in [3.63, 3.8) is 0 Å². The molecule has 0 aromatic heterocycles. The van der Waals surface area contributed by atoms with Crippen molar-refractivity contribution < 1.29 is 22.0 Å². The highest BCUT2D eigenvalue weighted by molar-refractivity contribution is 5.43. The summed E-state index contributed by atoms with van der Waals surface area (Å²) < 4.78 is 62.6. The number of alkyl halides is 3. The van der Waals surface area contributed by atoms with Crippen LogP contribution in [0, 0.1) is 0 Å². The van der Waals surface area contributed by atoms with Crippen LogP contribution in [0.1, 0.15) is 0 Å². The molecule has 0 amide bonds. The molecule has 0 spiro atoms. The summed E-state index contributed by atoms with van der Waals surface area (Å²) in [7, 11) is 0. The quantitative estimate of drug-likeness (QED) is 0.565. The Morgan fingerprint density at radius 2 is 1.92 bits per heavy atom. The lowest BCUT2D eigenvalue weighted by Gasteiger charge is -2.21. The first-order chi connectivity index (χ1) is 5.90. The van der Waals surface area contributed by atoms with Crippen molar-refractivity contribution in [1.29, 1.82) is 0 Å². The maximum absolute atomic E-state index is 12.7. The second kappa shape index (κ2) is 2.97. The van der Waals surface area contributed by atoms with Crippen LogP contribution < -0.4 is 0 Å². The molecular formula is C8H5F5. The zero-order chi connectivity index (χ0) is 10.2. The fourth-order valence-electron chi connectivity index (χ4n) is 0.934. The van der Waals surface area contributed by atoms with Gasteiger partial charge < -0.3 is 0 Å². The Hall–Kier alpha value is -1.13. The third-order valence-electron chi connectivity index (χ3n) is 1.60. The number of rotatable bonds is 1. The molecule has 0 aromatic rings. The summed E-state index contributed by atoms with van der Waals surface area (Å²) in [5.41, 5.74) is -0.849. The van der Waals surface area contributed by atoms with Gasteiger partial charge in [-0.15, -0.1) is 0 Å². The molecule has 0 bridgehead atoms. The van der Waals surface area contributed by atoms with Gasteiger partial charge in [-0.2, -0.15) is 8.78 Å². The van der Waals surface area contributed by atoms with E-state index in [1.54, 1.807) is 0 Å². The highest BCUT2D eigenvalue weighted by atomic mass is 19.3. The largest absolute Gasteiger partial charge is 0.306 e. The third-order valence-corrected chi connectivity index (χ3v) is 1.60. The van der Waals surface area contributed by atoms with Crippen molar-refractivity contribution in [3.8, 4) is 0 Å². The molecule has 1 aliphatic rings. The minimum atomic E-state index is -4.12. The van der Waals surface area contributed by atoms with Gasteiger partial charge >= 0.3 is 5.92 Å². The van der Waals surface area contributed by atoms with Gasteiger partial charge in [-0.25, -0.2) is 13.2 Å². The van der Waals surface area contributed by atoms with Crippen molar-refractivity contribution >= 4 is 0 Å². The Labute approximate surface area is 71.0 Å². The van der Waals surface area contributed by atoms with Gasteiger partial charge in [0.1, 0.15) is 5.83 Å². The lowest BCUT2D eigenvalue weighted by molar-refractivity contribution is -0.0240. The Bertz CT molecular complexity index is 300. The molecule has 0 aromatic carbocycles. The van der Waals surface area contributed by atoms with Crippen LogP contribution in [0.5, 0.6) is 0 Å². The molecule has 0 N–H and O–H groups in total. The fraction of sp³-hybridized carbons (Fsp3) is 0.250. The molecule has 1 atom stereocenters. The summed E-state index contributed by atoms with van der Waals surface area (Å²) >= 11 is 0. The maximum Gasteiger partial charge on any atom is 0.306 e. The topological polar surface area (TPSA) is 0 Å². The molecule has 13 heavy (non-hydrogen) atoms. The second-order valence-electron chi connectivity index (χ2n) is 2.50. The van der Waals surface area contributed by atoms with Gasteiger partial charge in [-0.05, 0) is 0 Å². The molecule has 0 aliphatic heterocycles. The SMILES string of the molecule is C=CC1=C(F)C(F)C(F)(F)C=C1F. The first kappa shape index (κ1) is 9.95. The van der Waals surface area contributed by atoms with Gasteiger partial charge in [-0.1, -0.05) is 12.7 Å². The number of hydrogen-bond donors (Lipinski definition) is 0. The summed E-state index contributed by atoms with van der Waals surface area (Å²) in [6.07, 6.45) is -2.72. The van der Waals surface area contributed by atoms with Gasteiger partial charge in [0, 0.05) is 11.6 Å². The van der Waals surface area contributed by atoms with Gasteiger partial charge in [0.05, 0.1) is 0 Å².